The molecule has 0 aliphatic carbocycles. The summed E-state index contributed by atoms with van der Waals surface area (Å²) in [5.41, 5.74) is 1.48. The first-order chi connectivity index (χ1) is 6.66. The Bertz CT molecular complexity index is 359. The molecule has 2 heteroatoms. The van der Waals surface area contributed by atoms with E-state index in [2.05, 4.69) is 40.7 Å². The first-order valence-electron chi connectivity index (χ1n) is 5.12. The largest absolute Gasteiger partial charge is 0.0827 e. The minimum absolute atomic E-state index is 0.0707. The predicted molar refractivity (Wildman–Crippen MR) is 68.9 cm³/mol. The van der Waals surface area contributed by atoms with Crippen molar-refractivity contribution in [2.45, 2.75) is 40.0 Å². The fraction of sp³-hybridized carbons (Fsp3) is 0.538. The van der Waals surface area contributed by atoms with Crippen LogP contribution in [-0.2, 0) is 5.41 Å². The topological polar surface area (TPSA) is 0 Å². The van der Waals surface area contributed by atoms with Crippen LogP contribution in [0.4, 0.5) is 0 Å². The van der Waals surface area contributed by atoms with Crippen molar-refractivity contribution in [2.75, 3.05) is 0 Å². The minimum Gasteiger partial charge on any atom is -0.0827 e. The molecule has 0 unspecified atom stereocenters. The highest BCUT2D eigenvalue weighted by Gasteiger charge is 2.34. The van der Waals surface area contributed by atoms with Crippen LogP contribution in [0, 0.1) is 5.41 Å². The lowest BCUT2D eigenvalue weighted by atomic mass is 9.65. The standard InChI is InChI=1S/C13H18Cl2/c1-12(2,3)13(4,5)9-6-7-10(14)11(15)8-9/h6-8H,1-5H3. The molecule has 0 saturated heterocycles. The van der Waals surface area contributed by atoms with Gasteiger partial charge in [0, 0.05) is 0 Å². The summed E-state index contributed by atoms with van der Waals surface area (Å²) in [7, 11) is 0. The molecule has 0 aliphatic rings. The molecule has 0 heterocycles. The SMILES string of the molecule is CC(C)(C)C(C)(C)c1ccc(Cl)c(Cl)c1. The second kappa shape index (κ2) is 3.99. The number of hydrogen-bond donors (Lipinski definition) is 0. The molecule has 84 valence electrons. The molecule has 0 saturated carbocycles. The van der Waals surface area contributed by atoms with Gasteiger partial charge in [-0.3, -0.25) is 0 Å². The summed E-state index contributed by atoms with van der Waals surface area (Å²) in [6, 6.07) is 5.89. The lowest BCUT2D eigenvalue weighted by Gasteiger charge is -2.39. The van der Waals surface area contributed by atoms with Crippen LogP contribution < -0.4 is 0 Å². The van der Waals surface area contributed by atoms with E-state index in [0.29, 0.717) is 10.0 Å². The van der Waals surface area contributed by atoms with E-state index in [1.807, 2.05) is 12.1 Å². The highest BCUT2D eigenvalue weighted by atomic mass is 35.5. The maximum absolute atomic E-state index is 6.04. The molecule has 0 fully saturated rings. The maximum Gasteiger partial charge on any atom is 0.0595 e. The van der Waals surface area contributed by atoms with E-state index in [0.717, 1.165) is 0 Å². The molecule has 0 bridgehead atoms. The summed E-state index contributed by atoms with van der Waals surface area (Å²) >= 11 is 12.0. The van der Waals surface area contributed by atoms with Gasteiger partial charge >= 0.3 is 0 Å². The van der Waals surface area contributed by atoms with Crippen molar-refractivity contribution < 1.29 is 0 Å². The smallest absolute Gasteiger partial charge is 0.0595 e. The third-order valence-electron chi connectivity index (χ3n) is 3.52. The average molecular weight is 245 g/mol. The summed E-state index contributed by atoms with van der Waals surface area (Å²) in [6.45, 7) is 11.2. The summed E-state index contributed by atoms with van der Waals surface area (Å²) < 4.78 is 0. The van der Waals surface area contributed by atoms with Gasteiger partial charge in [0.25, 0.3) is 0 Å². The highest BCUT2D eigenvalue weighted by molar-refractivity contribution is 6.42. The second-order valence-corrected chi connectivity index (χ2v) is 6.32. The molecular weight excluding hydrogens is 227 g/mol. The van der Waals surface area contributed by atoms with Crippen LogP contribution in [0.2, 0.25) is 10.0 Å². The molecule has 1 aromatic carbocycles. The molecule has 1 aromatic rings. The van der Waals surface area contributed by atoms with Crippen molar-refractivity contribution in [1.82, 2.24) is 0 Å². The second-order valence-electron chi connectivity index (χ2n) is 5.50. The van der Waals surface area contributed by atoms with Crippen molar-refractivity contribution in [2.24, 2.45) is 5.41 Å². The normalized spacial score (nSPS) is 13.0. The molecule has 15 heavy (non-hydrogen) atoms. The van der Waals surface area contributed by atoms with E-state index in [9.17, 15) is 0 Å². The van der Waals surface area contributed by atoms with Crippen LogP contribution in [0.5, 0.6) is 0 Å². The number of rotatable bonds is 1. The van der Waals surface area contributed by atoms with Crippen LogP contribution in [0.1, 0.15) is 40.2 Å². The fourth-order valence-corrected chi connectivity index (χ4v) is 1.62. The van der Waals surface area contributed by atoms with Crippen LogP contribution in [0.25, 0.3) is 0 Å². The third-order valence-corrected chi connectivity index (χ3v) is 4.26. The molecule has 1 rings (SSSR count). The molecule has 0 atom stereocenters. The van der Waals surface area contributed by atoms with Crippen LogP contribution in [-0.4, -0.2) is 0 Å². The van der Waals surface area contributed by atoms with Crippen molar-refractivity contribution >= 4 is 23.2 Å². The van der Waals surface area contributed by atoms with Crippen molar-refractivity contribution in [3.8, 4) is 0 Å². The zero-order chi connectivity index (χ0) is 11.9. The van der Waals surface area contributed by atoms with E-state index in [-0.39, 0.29) is 10.8 Å². The van der Waals surface area contributed by atoms with Crippen LogP contribution in [0.15, 0.2) is 18.2 Å². The van der Waals surface area contributed by atoms with Gasteiger partial charge in [-0.1, -0.05) is 63.9 Å². The number of benzene rings is 1. The molecule has 0 aliphatic heterocycles. The van der Waals surface area contributed by atoms with Gasteiger partial charge in [0.2, 0.25) is 0 Å². The molecule has 0 amide bonds. The van der Waals surface area contributed by atoms with Gasteiger partial charge in [-0.15, -0.1) is 0 Å². The van der Waals surface area contributed by atoms with E-state index in [1.54, 1.807) is 0 Å². The van der Waals surface area contributed by atoms with E-state index < -0.39 is 0 Å². The monoisotopic (exact) mass is 244 g/mol. The lowest BCUT2D eigenvalue weighted by Crippen LogP contribution is -2.33. The Morgan fingerprint density at radius 1 is 0.867 bits per heavy atom. The van der Waals surface area contributed by atoms with Gasteiger partial charge in [0.15, 0.2) is 0 Å². The Morgan fingerprint density at radius 2 is 1.40 bits per heavy atom. The molecule has 0 radical (unpaired) electrons. The van der Waals surface area contributed by atoms with Gasteiger partial charge in [0.05, 0.1) is 10.0 Å². The summed E-state index contributed by atoms with van der Waals surface area (Å²) in [6.07, 6.45) is 0. The van der Waals surface area contributed by atoms with E-state index >= 15 is 0 Å². The van der Waals surface area contributed by atoms with Crippen molar-refractivity contribution in [3.05, 3.63) is 33.8 Å². The fourth-order valence-electron chi connectivity index (χ4n) is 1.32. The lowest BCUT2D eigenvalue weighted by molar-refractivity contribution is 0.225. The summed E-state index contributed by atoms with van der Waals surface area (Å²) in [5.74, 6) is 0. The number of hydrogen-bond acceptors (Lipinski definition) is 0. The Hall–Kier alpha value is -0.200. The number of halogens is 2. The van der Waals surface area contributed by atoms with Gasteiger partial charge in [-0.25, -0.2) is 0 Å². The molecule has 0 spiro atoms. The van der Waals surface area contributed by atoms with E-state index in [1.165, 1.54) is 5.56 Å². The van der Waals surface area contributed by atoms with Gasteiger partial charge < -0.3 is 0 Å². The first kappa shape index (κ1) is 12.9. The zero-order valence-electron chi connectivity index (χ0n) is 9.99. The predicted octanol–water partition coefficient (Wildman–Crippen LogP) is 5.32. The Labute approximate surface area is 103 Å². The Balaban J connectivity index is 3.22. The van der Waals surface area contributed by atoms with Gasteiger partial charge in [-0.2, -0.15) is 0 Å². The molecular formula is C13H18Cl2. The molecule has 0 aromatic heterocycles. The van der Waals surface area contributed by atoms with Crippen molar-refractivity contribution in [3.63, 3.8) is 0 Å². The van der Waals surface area contributed by atoms with Crippen LogP contribution in [0.3, 0.4) is 0 Å². The summed E-state index contributed by atoms with van der Waals surface area (Å²) in [5, 5.41) is 1.25. The van der Waals surface area contributed by atoms with E-state index in [4.69, 9.17) is 23.2 Å². The quantitative estimate of drug-likeness (QED) is 0.628. The maximum atomic E-state index is 6.04. The van der Waals surface area contributed by atoms with Gasteiger partial charge in [-0.05, 0) is 28.5 Å². The molecule has 0 nitrogen and oxygen atoms in total. The average Bonchev–Trinajstić information content (AvgIpc) is 2.07. The third kappa shape index (κ3) is 2.49. The minimum atomic E-state index is 0.0707. The Kier molecular flexibility index (Phi) is 3.42. The summed E-state index contributed by atoms with van der Waals surface area (Å²) in [4.78, 5) is 0. The van der Waals surface area contributed by atoms with Gasteiger partial charge in [0.1, 0.15) is 0 Å². The zero-order valence-corrected chi connectivity index (χ0v) is 11.5. The highest BCUT2D eigenvalue weighted by Crippen LogP contribution is 2.42. The van der Waals surface area contributed by atoms with Crippen molar-refractivity contribution in [1.29, 1.82) is 0 Å². The molecule has 0 N–H and O–H groups in total. The Morgan fingerprint density at radius 3 is 1.80 bits per heavy atom. The van der Waals surface area contributed by atoms with Crippen LogP contribution >= 0.6 is 23.2 Å². The first-order valence-corrected chi connectivity index (χ1v) is 5.87.